The lowest BCUT2D eigenvalue weighted by molar-refractivity contribution is 0.275. The third-order valence-electron chi connectivity index (χ3n) is 3.90. The predicted molar refractivity (Wildman–Crippen MR) is 67.7 cm³/mol. The minimum atomic E-state index is -0.277. The van der Waals surface area contributed by atoms with Gasteiger partial charge >= 0.3 is 0 Å². The monoisotopic (exact) mass is 248 g/mol. The SMILES string of the molecule is NCC1CCCCC1c1nc2cc(F)ccc2o1. The Kier molecular flexibility index (Phi) is 3.04. The minimum absolute atomic E-state index is 0.277. The molecular weight excluding hydrogens is 231 g/mol. The van der Waals surface area contributed by atoms with E-state index >= 15 is 0 Å². The van der Waals surface area contributed by atoms with Crippen LogP contribution in [0.15, 0.2) is 22.6 Å². The number of rotatable bonds is 2. The average Bonchev–Trinajstić information content (AvgIpc) is 2.81. The second kappa shape index (κ2) is 4.69. The first-order valence-electron chi connectivity index (χ1n) is 6.54. The van der Waals surface area contributed by atoms with Gasteiger partial charge in [-0.3, -0.25) is 0 Å². The van der Waals surface area contributed by atoms with E-state index in [1.54, 1.807) is 6.07 Å². The summed E-state index contributed by atoms with van der Waals surface area (Å²) in [5, 5.41) is 0. The molecule has 18 heavy (non-hydrogen) atoms. The smallest absolute Gasteiger partial charge is 0.198 e. The summed E-state index contributed by atoms with van der Waals surface area (Å²) in [7, 11) is 0. The zero-order valence-corrected chi connectivity index (χ0v) is 10.2. The first-order valence-corrected chi connectivity index (χ1v) is 6.54. The Bertz CT molecular complexity index is 552. The number of nitrogens with two attached hydrogens (primary N) is 1. The minimum Gasteiger partial charge on any atom is -0.440 e. The number of halogens is 1. The molecular formula is C14H17FN2O. The van der Waals surface area contributed by atoms with Gasteiger partial charge in [-0.2, -0.15) is 0 Å². The molecule has 1 aliphatic rings. The number of hydrogen-bond acceptors (Lipinski definition) is 3. The fraction of sp³-hybridized carbons (Fsp3) is 0.500. The van der Waals surface area contributed by atoms with Crippen molar-refractivity contribution in [1.82, 2.24) is 4.98 Å². The molecule has 1 heterocycles. The first kappa shape index (κ1) is 11.7. The van der Waals surface area contributed by atoms with Crippen LogP contribution in [0.1, 0.15) is 37.5 Å². The number of fused-ring (bicyclic) bond motifs is 1. The molecule has 2 aromatic rings. The number of hydrogen-bond donors (Lipinski definition) is 1. The van der Waals surface area contributed by atoms with E-state index in [4.69, 9.17) is 10.2 Å². The largest absolute Gasteiger partial charge is 0.440 e. The molecule has 3 rings (SSSR count). The molecule has 2 N–H and O–H groups in total. The van der Waals surface area contributed by atoms with Crippen LogP contribution in [0, 0.1) is 11.7 Å². The van der Waals surface area contributed by atoms with Crippen LogP contribution in [0.2, 0.25) is 0 Å². The van der Waals surface area contributed by atoms with Crippen molar-refractivity contribution in [2.75, 3.05) is 6.54 Å². The van der Waals surface area contributed by atoms with E-state index in [0.29, 0.717) is 29.5 Å². The summed E-state index contributed by atoms with van der Waals surface area (Å²) < 4.78 is 18.9. The number of aromatic nitrogens is 1. The van der Waals surface area contributed by atoms with Crippen molar-refractivity contribution >= 4 is 11.1 Å². The molecule has 0 bridgehead atoms. The molecule has 1 saturated carbocycles. The van der Waals surface area contributed by atoms with Gasteiger partial charge in [0.2, 0.25) is 0 Å². The van der Waals surface area contributed by atoms with Gasteiger partial charge in [0.25, 0.3) is 0 Å². The van der Waals surface area contributed by atoms with Gasteiger partial charge in [-0.1, -0.05) is 12.8 Å². The zero-order valence-electron chi connectivity index (χ0n) is 10.2. The molecule has 0 amide bonds. The van der Waals surface area contributed by atoms with Crippen molar-refractivity contribution in [2.24, 2.45) is 11.7 Å². The highest BCUT2D eigenvalue weighted by Gasteiger charge is 2.29. The summed E-state index contributed by atoms with van der Waals surface area (Å²) in [5.74, 6) is 1.18. The van der Waals surface area contributed by atoms with Crippen LogP contribution in [0.3, 0.4) is 0 Å². The van der Waals surface area contributed by atoms with E-state index in [2.05, 4.69) is 4.98 Å². The highest BCUT2D eigenvalue weighted by Crippen LogP contribution is 2.37. The third-order valence-corrected chi connectivity index (χ3v) is 3.90. The first-order chi connectivity index (χ1) is 8.78. The molecule has 3 nitrogen and oxygen atoms in total. The Morgan fingerprint density at radius 2 is 2.17 bits per heavy atom. The quantitative estimate of drug-likeness (QED) is 0.887. The van der Waals surface area contributed by atoms with Crippen LogP contribution in [0.4, 0.5) is 4.39 Å². The summed E-state index contributed by atoms with van der Waals surface area (Å²) >= 11 is 0. The maximum absolute atomic E-state index is 13.1. The van der Waals surface area contributed by atoms with Crippen molar-refractivity contribution in [3.8, 4) is 0 Å². The lowest BCUT2D eigenvalue weighted by atomic mass is 9.79. The molecule has 1 aromatic carbocycles. The van der Waals surface area contributed by atoms with Crippen LogP contribution in [0.25, 0.3) is 11.1 Å². The molecule has 1 fully saturated rings. The molecule has 0 saturated heterocycles. The summed E-state index contributed by atoms with van der Waals surface area (Å²) in [4.78, 5) is 4.43. The second-order valence-corrected chi connectivity index (χ2v) is 5.05. The Labute approximate surface area is 105 Å². The van der Waals surface area contributed by atoms with Crippen molar-refractivity contribution in [3.05, 3.63) is 29.9 Å². The average molecular weight is 248 g/mol. The summed E-state index contributed by atoms with van der Waals surface area (Å²) in [6, 6.07) is 4.46. The zero-order chi connectivity index (χ0) is 12.5. The van der Waals surface area contributed by atoms with Gasteiger partial charge in [0.15, 0.2) is 11.5 Å². The van der Waals surface area contributed by atoms with E-state index in [-0.39, 0.29) is 5.82 Å². The molecule has 0 aliphatic heterocycles. The molecule has 96 valence electrons. The molecule has 2 atom stereocenters. The molecule has 0 spiro atoms. The normalized spacial score (nSPS) is 24.6. The second-order valence-electron chi connectivity index (χ2n) is 5.05. The fourth-order valence-corrected chi connectivity index (χ4v) is 2.89. The Balaban J connectivity index is 1.97. The van der Waals surface area contributed by atoms with E-state index < -0.39 is 0 Å². The topological polar surface area (TPSA) is 52.0 Å². The maximum atomic E-state index is 13.1. The molecule has 1 aromatic heterocycles. The van der Waals surface area contributed by atoms with E-state index in [0.717, 1.165) is 18.7 Å². The third kappa shape index (κ3) is 2.01. The highest BCUT2D eigenvalue weighted by atomic mass is 19.1. The fourth-order valence-electron chi connectivity index (χ4n) is 2.89. The predicted octanol–water partition coefficient (Wildman–Crippen LogP) is 3.20. The Morgan fingerprint density at radius 3 is 3.00 bits per heavy atom. The Hall–Kier alpha value is -1.42. The lowest BCUT2D eigenvalue weighted by Gasteiger charge is -2.27. The summed E-state index contributed by atoms with van der Waals surface area (Å²) in [6.45, 7) is 0.664. The number of nitrogens with zero attached hydrogens (tertiary/aromatic N) is 1. The highest BCUT2D eigenvalue weighted by molar-refractivity contribution is 5.72. The number of benzene rings is 1. The van der Waals surface area contributed by atoms with E-state index in [1.807, 2.05) is 0 Å². The van der Waals surface area contributed by atoms with E-state index in [1.165, 1.54) is 25.0 Å². The van der Waals surface area contributed by atoms with Crippen LogP contribution in [-0.4, -0.2) is 11.5 Å². The van der Waals surface area contributed by atoms with Crippen molar-refractivity contribution in [1.29, 1.82) is 0 Å². The van der Waals surface area contributed by atoms with Crippen LogP contribution in [-0.2, 0) is 0 Å². The Morgan fingerprint density at radius 1 is 1.33 bits per heavy atom. The molecule has 1 aliphatic carbocycles. The maximum Gasteiger partial charge on any atom is 0.198 e. The van der Waals surface area contributed by atoms with Gasteiger partial charge < -0.3 is 10.2 Å². The standard InChI is InChI=1S/C14H17FN2O/c15-10-5-6-13-12(7-10)17-14(18-13)11-4-2-1-3-9(11)8-16/h5-7,9,11H,1-4,8,16H2. The molecule has 4 heteroatoms. The van der Waals surface area contributed by atoms with Gasteiger partial charge in [-0.05, 0) is 37.4 Å². The van der Waals surface area contributed by atoms with Crippen LogP contribution >= 0.6 is 0 Å². The van der Waals surface area contributed by atoms with Crippen molar-refractivity contribution in [3.63, 3.8) is 0 Å². The van der Waals surface area contributed by atoms with E-state index in [9.17, 15) is 4.39 Å². The van der Waals surface area contributed by atoms with Crippen LogP contribution < -0.4 is 5.73 Å². The van der Waals surface area contributed by atoms with Gasteiger partial charge in [-0.25, -0.2) is 9.37 Å². The van der Waals surface area contributed by atoms with Gasteiger partial charge in [0.1, 0.15) is 11.3 Å². The van der Waals surface area contributed by atoms with Gasteiger partial charge in [0, 0.05) is 12.0 Å². The summed E-state index contributed by atoms with van der Waals surface area (Å²) in [6.07, 6.45) is 4.62. The lowest BCUT2D eigenvalue weighted by Crippen LogP contribution is -2.25. The molecule has 2 unspecified atom stereocenters. The van der Waals surface area contributed by atoms with Gasteiger partial charge in [0.05, 0.1) is 0 Å². The number of oxazole rings is 1. The molecule has 0 radical (unpaired) electrons. The van der Waals surface area contributed by atoms with Crippen molar-refractivity contribution in [2.45, 2.75) is 31.6 Å². The van der Waals surface area contributed by atoms with Crippen molar-refractivity contribution < 1.29 is 8.81 Å². The summed E-state index contributed by atoms with van der Waals surface area (Å²) in [5.41, 5.74) is 7.08. The van der Waals surface area contributed by atoms with Gasteiger partial charge in [-0.15, -0.1) is 0 Å². The van der Waals surface area contributed by atoms with Crippen LogP contribution in [0.5, 0.6) is 0 Å².